The summed E-state index contributed by atoms with van der Waals surface area (Å²) in [4.78, 5) is 11.1. The van der Waals surface area contributed by atoms with Crippen LogP contribution in [0.2, 0.25) is 0 Å². The summed E-state index contributed by atoms with van der Waals surface area (Å²) in [6.45, 7) is 5.96. The number of hydrogen-bond acceptors (Lipinski definition) is 2. The molecule has 3 heteroatoms. The largest absolute Gasteiger partial charge is 0.286 e. The minimum atomic E-state index is -0.159. The molecule has 1 amide bonds. The normalized spacial score (nSPS) is 30.7. The van der Waals surface area contributed by atoms with Crippen LogP contribution in [-0.4, -0.2) is 22.2 Å². The molecule has 1 heterocycles. The first-order valence-electron chi connectivity index (χ1n) is 3.93. The molecule has 1 N–H and O–H groups in total. The van der Waals surface area contributed by atoms with E-state index in [1.54, 1.807) is 0 Å². The van der Waals surface area contributed by atoms with Gasteiger partial charge in [0.05, 0.1) is 6.04 Å². The van der Waals surface area contributed by atoms with Crippen LogP contribution in [0.15, 0.2) is 0 Å². The lowest BCUT2D eigenvalue weighted by Crippen LogP contribution is -2.45. The van der Waals surface area contributed by atoms with Crippen molar-refractivity contribution in [2.75, 3.05) is 0 Å². The van der Waals surface area contributed by atoms with Gasteiger partial charge in [0.2, 0.25) is 5.91 Å². The van der Waals surface area contributed by atoms with Gasteiger partial charge in [0, 0.05) is 6.42 Å². The average molecular weight is 157 g/mol. The summed E-state index contributed by atoms with van der Waals surface area (Å²) in [5, 5.41) is 10.0. The maximum absolute atomic E-state index is 11.1. The van der Waals surface area contributed by atoms with Crippen molar-refractivity contribution in [2.24, 2.45) is 5.41 Å². The standard InChI is InChI=1S/C8H15NO2/c1-6-4-8(2,3)5-7(10)9(6)11/h6,11H,4-5H2,1-3H3/t6-/m1/s1. The lowest BCUT2D eigenvalue weighted by molar-refractivity contribution is -0.187. The molecule has 0 aromatic carbocycles. The Balaban J connectivity index is 2.70. The summed E-state index contributed by atoms with van der Waals surface area (Å²) in [7, 11) is 0. The van der Waals surface area contributed by atoms with Gasteiger partial charge in [0.25, 0.3) is 0 Å². The van der Waals surface area contributed by atoms with Gasteiger partial charge in [-0.25, -0.2) is 5.06 Å². The van der Waals surface area contributed by atoms with Crippen molar-refractivity contribution in [1.82, 2.24) is 5.06 Å². The molecular formula is C8H15NO2. The number of rotatable bonds is 0. The highest BCUT2D eigenvalue weighted by molar-refractivity contribution is 5.76. The third kappa shape index (κ3) is 1.71. The highest BCUT2D eigenvalue weighted by Gasteiger charge is 2.35. The summed E-state index contributed by atoms with van der Waals surface area (Å²) in [6.07, 6.45) is 1.32. The first-order chi connectivity index (χ1) is 4.92. The molecule has 11 heavy (non-hydrogen) atoms. The molecule has 0 aromatic rings. The molecule has 64 valence electrons. The van der Waals surface area contributed by atoms with Gasteiger partial charge >= 0.3 is 0 Å². The van der Waals surface area contributed by atoms with Crippen molar-refractivity contribution in [3.8, 4) is 0 Å². The number of carbonyl (C=O) groups excluding carboxylic acids is 1. The van der Waals surface area contributed by atoms with Gasteiger partial charge in [-0.3, -0.25) is 10.0 Å². The maximum Gasteiger partial charge on any atom is 0.246 e. The van der Waals surface area contributed by atoms with E-state index in [-0.39, 0.29) is 17.4 Å². The molecule has 0 aromatic heterocycles. The summed E-state index contributed by atoms with van der Waals surface area (Å²) >= 11 is 0. The van der Waals surface area contributed by atoms with Gasteiger partial charge < -0.3 is 0 Å². The number of piperidine rings is 1. The Morgan fingerprint density at radius 3 is 2.64 bits per heavy atom. The smallest absolute Gasteiger partial charge is 0.246 e. The summed E-state index contributed by atoms with van der Waals surface area (Å²) in [5.41, 5.74) is 0.0513. The van der Waals surface area contributed by atoms with E-state index in [0.717, 1.165) is 11.5 Å². The van der Waals surface area contributed by atoms with Crippen LogP contribution < -0.4 is 0 Å². The lowest BCUT2D eigenvalue weighted by atomic mass is 9.80. The Hall–Kier alpha value is -0.570. The van der Waals surface area contributed by atoms with E-state index in [2.05, 4.69) is 13.8 Å². The van der Waals surface area contributed by atoms with Crippen LogP contribution in [-0.2, 0) is 4.79 Å². The van der Waals surface area contributed by atoms with Gasteiger partial charge in [0.15, 0.2) is 0 Å². The van der Waals surface area contributed by atoms with Crippen LogP contribution in [0, 0.1) is 5.41 Å². The van der Waals surface area contributed by atoms with E-state index in [0.29, 0.717) is 6.42 Å². The highest BCUT2D eigenvalue weighted by Crippen LogP contribution is 2.33. The zero-order chi connectivity index (χ0) is 8.65. The Kier molecular flexibility index (Phi) is 1.92. The predicted octanol–water partition coefficient (Wildman–Crippen LogP) is 1.41. The number of carbonyl (C=O) groups is 1. The molecular weight excluding hydrogens is 142 g/mol. The first kappa shape index (κ1) is 8.53. The molecule has 1 aliphatic rings. The molecule has 1 aliphatic heterocycles. The van der Waals surface area contributed by atoms with Crippen LogP contribution >= 0.6 is 0 Å². The van der Waals surface area contributed by atoms with Crippen LogP contribution in [0.5, 0.6) is 0 Å². The Morgan fingerprint density at radius 1 is 1.64 bits per heavy atom. The third-order valence-corrected chi connectivity index (χ3v) is 2.15. The average Bonchev–Trinajstić information content (AvgIpc) is 1.81. The van der Waals surface area contributed by atoms with Crippen molar-refractivity contribution >= 4 is 5.91 Å². The first-order valence-corrected chi connectivity index (χ1v) is 3.93. The zero-order valence-corrected chi connectivity index (χ0v) is 7.29. The Bertz CT molecular complexity index is 177. The quantitative estimate of drug-likeness (QED) is 0.540. The molecule has 0 aliphatic carbocycles. The van der Waals surface area contributed by atoms with Crippen molar-refractivity contribution in [3.63, 3.8) is 0 Å². The molecule has 0 bridgehead atoms. The molecule has 0 radical (unpaired) electrons. The van der Waals surface area contributed by atoms with Crippen LogP contribution in [0.3, 0.4) is 0 Å². The van der Waals surface area contributed by atoms with Crippen LogP contribution in [0.1, 0.15) is 33.6 Å². The molecule has 1 fully saturated rings. The van der Waals surface area contributed by atoms with Gasteiger partial charge in [-0.15, -0.1) is 0 Å². The van der Waals surface area contributed by atoms with Gasteiger partial charge in [0.1, 0.15) is 0 Å². The maximum atomic E-state index is 11.1. The van der Waals surface area contributed by atoms with Crippen molar-refractivity contribution in [3.05, 3.63) is 0 Å². The highest BCUT2D eigenvalue weighted by atomic mass is 16.5. The second-order valence-electron chi connectivity index (χ2n) is 4.13. The second-order valence-corrected chi connectivity index (χ2v) is 4.13. The summed E-state index contributed by atoms with van der Waals surface area (Å²) < 4.78 is 0. The molecule has 0 saturated carbocycles. The Labute approximate surface area is 67.0 Å². The Morgan fingerprint density at radius 2 is 2.18 bits per heavy atom. The van der Waals surface area contributed by atoms with Gasteiger partial charge in [-0.2, -0.15) is 0 Å². The van der Waals surface area contributed by atoms with E-state index < -0.39 is 0 Å². The van der Waals surface area contributed by atoms with Crippen LogP contribution in [0.4, 0.5) is 0 Å². The molecule has 0 spiro atoms. The fraction of sp³-hybridized carbons (Fsp3) is 0.875. The minimum Gasteiger partial charge on any atom is -0.286 e. The fourth-order valence-electron chi connectivity index (χ4n) is 1.69. The SMILES string of the molecule is C[C@@H]1CC(C)(C)CC(=O)N1O. The van der Waals surface area contributed by atoms with Crippen molar-refractivity contribution in [1.29, 1.82) is 0 Å². The van der Waals surface area contributed by atoms with Crippen molar-refractivity contribution in [2.45, 2.75) is 39.7 Å². The van der Waals surface area contributed by atoms with E-state index >= 15 is 0 Å². The predicted molar refractivity (Wildman–Crippen MR) is 41.1 cm³/mol. The monoisotopic (exact) mass is 157 g/mol. The molecule has 1 saturated heterocycles. The number of hydroxylamine groups is 2. The second kappa shape index (κ2) is 2.48. The molecule has 1 atom stereocenters. The van der Waals surface area contributed by atoms with Crippen molar-refractivity contribution < 1.29 is 10.0 Å². The van der Waals surface area contributed by atoms with E-state index in [1.165, 1.54) is 0 Å². The van der Waals surface area contributed by atoms with Crippen LogP contribution in [0.25, 0.3) is 0 Å². The van der Waals surface area contributed by atoms with Gasteiger partial charge in [-0.05, 0) is 18.8 Å². The summed E-state index contributed by atoms with van der Waals surface area (Å²) in [6, 6.07) is -0.0359. The number of hydrogen-bond donors (Lipinski definition) is 1. The van der Waals surface area contributed by atoms with E-state index in [4.69, 9.17) is 5.21 Å². The number of amides is 1. The lowest BCUT2D eigenvalue weighted by Gasteiger charge is -2.37. The topological polar surface area (TPSA) is 40.5 Å². The third-order valence-electron chi connectivity index (χ3n) is 2.15. The van der Waals surface area contributed by atoms with E-state index in [1.807, 2.05) is 6.92 Å². The number of nitrogens with zero attached hydrogens (tertiary/aromatic N) is 1. The summed E-state index contributed by atoms with van der Waals surface area (Å²) in [5.74, 6) is -0.159. The molecule has 1 rings (SSSR count). The molecule has 0 unspecified atom stereocenters. The minimum absolute atomic E-state index is 0.0359. The zero-order valence-electron chi connectivity index (χ0n) is 7.29. The van der Waals surface area contributed by atoms with Gasteiger partial charge in [-0.1, -0.05) is 13.8 Å². The fourth-order valence-corrected chi connectivity index (χ4v) is 1.69. The molecule has 3 nitrogen and oxygen atoms in total. The van der Waals surface area contributed by atoms with E-state index in [9.17, 15) is 4.79 Å².